The van der Waals surface area contributed by atoms with Crippen LogP contribution in [0.3, 0.4) is 0 Å². The van der Waals surface area contributed by atoms with Crippen molar-refractivity contribution in [2.45, 2.75) is 31.5 Å². The lowest BCUT2D eigenvalue weighted by molar-refractivity contribution is -0.125. The normalized spacial score (nSPS) is 20.8. The molecule has 0 heterocycles. The zero-order valence-electron chi connectivity index (χ0n) is 7.64. The van der Waals surface area contributed by atoms with Crippen LogP contribution in [0.4, 0.5) is 0 Å². The average molecular weight is 298 g/mol. The third-order valence-corrected chi connectivity index (χ3v) is 2.95. The molecule has 0 radical (unpaired) electrons. The summed E-state index contributed by atoms with van der Waals surface area (Å²) in [5, 5.41) is 15.1. The van der Waals surface area contributed by atoms with Gasteiger partial charge in [-0.2, -0.15) is 0 Å². The van der Waals surface area contributed by atoms with Crippen molar-refractivity contribution in [3.8, 4) is 0 Å². The molecular weight excluding hydrogens is 283 g/mol. The molecule has 1 aliphatic carbocycles. The molecule has 0 saturated heterocycles. The van der Waals surface area contributed by atoms with Gasteiger partial charge < -0.3 is 10.4 Å². The molecule has 0 aromatic heterocycles. The standard InChI is InChI=1S/C8H15IN2O2/c1-2-10-7(13)8(3-4-8)11-6(12)5-9/h6,11-12H,2-5H2,1H3,(H,10,13). The number of likely N-dealkylation sites (N-methyl/N-ethyl adjacent to an activating group) is 1. The molecular formula is C8H15IN2O2. The molecule has 0 aromatic rings. The van der Waals surface area contributed by atoms with Crippen molar-refractivity contribution >= 4 is 28.5 Å². The van der Waals surface area contributed by atoms with Crippen LogP contribution in [-0.2, 0) is 4.79 Å². The lowest BCUT2D eigenvalue weighted by Crippen LogP contribution is -2.51. The number of halogens is 1. The van der Waals surface area contributed by atoms with Gasteiger partial charge in [0.1, 0.15) is 6.23 Å². The molecule has 5 heteroatoms. The van der Waals surface area contributed by atoms with Gasteiger partial charge in [0, 0.05) is 11.0 Å². The second kappa shape index (κ2) is 4.56. The van der Waals surface area contributed by atoms with E-state index in [-0.39, 0.29) is 5.91 Å². The van der Waals surface area contributed by atoms with Crippen LogP contribution in [0.2, 0.25) is 0 Å². The van der Waals surface area contributed by atoms with Gasteiger partial charge in [0.15, 0.2) is 0 Å². The first kappa shape index (κ1) is 11.2. The zero-order valence-corrected chi connectivity index (χ0v) is 9.80. The maximum absolute atomic E-state index is 11.5. The number of amides is 1. The molecule has 1 unspecified atom stereocenters. The molecule has 3 N–H and O–H groups in total. The first-order chi connectivity index (χ1) is 6.14. The van der Waals surface area contributed by atoms with Crippen LogP contribution < -0.4 is 10.6 Å². The number of aliphatic hydroxyl groups is 1. The molecule has 0 bridgehead atoms. The number of alkyl halides is 1. The SMILES string of the molecule is CCNC(=O)C1(NC(O)CI)CC1. The van der Waals surface area contributed by atoms with Crippen molar-refractivity contribution in [1.29, 1.82) is 0 Å². The van der Waals surface area contributed by atoms with E-state index in [2.05, 4.69) is 33.2 Å². The maximum atomic E-state index is 11.5. The molecule has 0 spiro atoms. The predicted octanol–water partition coefficient (Wildman–Crippen LogP) is -0.00190. The topological polar surface area (TPSA) is 61.4 Å². The molecule has 1 rings (SSSR count). The van der Waals surface area contributed by atoms with E-state index < -0.39 is 11.8 Å². The van der Waals surface area contributed by atoms with E-state index in [4.69, 9.17) is 0 Å². The van der Waals surface area contributed by atoms with E-state index in [1.54, 1.807) is 0 Å². The number of aliphatic hydroxyl groups excluding tert-OH is 1. The Balaban J connectivity index is 2.42. The fourth-order valence-electron chi connectivity index (χ4n) is 1.25. The van der Waals surface area contributed by atoms with Gasteiger partial charge in [0.2, 0.25) is 5.91 Å². The third-order valence-electron chi connectivity index (χ3n) is 2.11. The highest BCUT2D eigenvalue weighted by Gasteiger charge is 2.50. The summed E-state index contributed by atoms with van der Waals surface area (Å²) in [6.07, 6.45) is 1.07. The predicted molar refractivity (Wildman–Crippen MR) is 58.7 cm³/mol. The Morgan fingerprint density at radius 2 is 2.31 bits per heavy atom. The Hall–Kier alpha value is 0.120. The summed E-state index contributed by atoms with van der Waals surface area (Å²) in [5.74, 6) is 0.0129. The largest absolute Gasteiger partial charge is 0.378 e. The van der Waals surface area contributed by atoms with E-state index in [0.717, 1.165) is 12.8 Å². The monoisotopic (exact) mass is 298 g/mol. The number of rotatable bonds is 5. The van der Waals surface area contributed by atoms with Crippen molar-refractivity contribution in [3.63, 3.8) is 0 Å². The van der Waals surface area contributed by atoms with E-state index in [0.29, 0.717) is 11.0 Å². The molecule has 1 saturated carbocycles. The molecule has 1 atom stereocenters. The molecule has 0 aromatic carbocycles. The van der Waals surface area contributed by atoms with Crippen LogP contribution >= 0.6 is 22.6 Å². The van der Waals surface area contributed by atoms with Gasteiger partial charge in [-0.15, -0.1) is 0 Å². The quantitative estimate of drug-likeness (QED) is 0.380. The number of hydrogen-bond donors (Lipinski definition) is 3. The molecule has 0 aliphatic heterocycles. The first-order valence-corrected chi connectivity index (χ1v) is 5.97. The van der Waals surface area contributed by atoms with Gasteiger partial charge in [-0.05, 0) is 19.8 Å². The number of carbonyl (C=O) groups excluding carboxylic acids is 1. The molecule has 1 fully saturated rings. The maximum Gasteiger partial charge on any atom is 0.240 e. The van der Waals surface area contributed by atoms with Gasteiger partial charge in [-0.25, -0.2) is 0 Å². The van der Waals surface area contributed by atoms with Crippen molar-refractivity contribution in [3.05, 3.63) is 0 Å². The van der Waals surface area contributed by atoms with E-state index >= 15 is 0 Å². The van der Waals surface area contributed by atoms with E-state index in [1.165, 1.54) is 0 Å². The van der Waals surface area contributed by atoms with Gasteiger partial charge in [-0.3, -0.25) is 10.1 Å². The van der Waals surface area contributed by atoms with Crippen molar-refractivity contribution in [2.75, 3.05) is 11.0 Å². The number of nitrogens with one attached hydrogen (secondary N) is 2. The molecule has 1 aliphatic rings. The zero-order chi connectivity index (χ0) is 9.90. The summed E-state index contributed by atoms with van der Waals surface area (Å²) in [5.41, 5.74) is -0.472. The van der Waals surface area contributed by atoms with Gasteiger partial charge in [0.05, 0.1) is 5.54 Å². The van der Waals surface area contributed by atoms with Gasteiger partial charge >= 0.3 is 0 Å². The second-order valence-corrected chi connectivity index (χ2v) is 4.14. The Morgan fingerprint density at radius 1 is 1.69 bits per heavy atom. The van der Waals surface area contributed by atoms with Crippen molar-refractivity contribution < 1.29 is 9.90 Å². The summed E-state index contributed by atoms with van der Waals surface area (Å²) < 4.78 is 0.596. The van der Waals surface area contributed by atoms with Gasteiger partial charge in [0.25, 0.3) is 0 Å². The van der Waals surface area contributed by atoms with Gasteiger partial charge in [-0.1, -0.05) is 22.6 Å². The van der Waals surface area contributed by atoms with E-state index in [9.17, 15) is 9.90 Å². The first-order valence-electron chi connectivity index (χ1n) is 4.44. The summed E-state index contributed by atoms with van der Waals surface area (Å²) in [7, 11) is 0. The van der Waals surface area contributed by atoms with Crippen LogP contribution in [0.15, 0.2) is 0 Å². The van der Waals surface area contributed by atoms with Crippen LogP contribution in [0, 0.1) is 0 Å². The molecule has 4 nitrogen and oxygen atoms in total. The Labute approximate surface area is 91.6 Å². The minimum atomic E-state index is -0.578. The average Bonchev–Trinajstić information content (AvgIpc) is 2.86. The highest BCUT2D eigenvalue weighted by atomic mass is 127. The lowest BCUT2D eigenvalue weighted by Gasteiger charge is -2.19. The summed E-state index contributed by atoms with van der Waals surface area (Å²) in [4.78, 5) is 11.5. The number of carbonyl (C=O) groups is 1. The highest BCUT2D eigenvalue weighted by Crippen LogP contribution is 2.35. The third kappa shape index (κ3) is 2.78. The second-order valence-electron chi connectivity index (χ2n) is 3.26. The smallest absolute Gasteiger partial charge is 0.240 e. The summed E-state index contributed by atoms with van der Waals surface area (Å²) in [6.45, 7) is 2.53. The summed E-state index contributed by atoms with van der Waals surface area (Å²) in [6, 6.07) is 0. The fourth-order valence-corrected chi connectivity index (χ4v) is 1.47. The molecule has 13 heavy (non-hydrogen) atoms. The minimum absolute atomic E-state index is 0.0129. The molecule has 76 valence electrons. The Morgan fingerprint density at radius 3 is 2.69 bits per heavy atom. The van der Waals surface area contributed by atoms with Crippen LogP contribution in [0.5, 0.6) is 0 Å². The van der Waals surface area contributed by atoms with E-state index in [1.807, 2.05) is 6.92 Å². The van der Waals surface area contributed by atoms with Crippen LogP contribution in [0.1, 0.15) is 19.8 Å². The fraction of sp³-hybridized carbons (Fsp3) is 0.875. The Bertz CT molecular complexity index is 195. The van der Waals surface area contributed by atoms with Crippen LogP contribution in [0.25, 0.3) is 0 Å². The minimum Gasteiger partial charge on any atom is -0.378 e. The van der Waals surface area contributed by atoms with Crippen molar-refractivity contribution in [1.82, 2.24) is 10.6 Å². The Kier molecular flexibility index (Phi) is 3.93. The van der Waals surface area contributed by atoms with Crippen LogP contribution in [-0.4, -0.2) is 33.8 Å². The lowest BCUT2D eigenvalue weighted by atomic mass is 10.2. The summed E-state index contributed by atoms with van der Waals surface area (Å²) >= 11 is 2.08. The number of hydrogen-bond acceptors (Lipinski definition) is 3. The highest BCUT2D eigenvalue weighted by molar-refractivity contribution is 14.1. The molecule has 1 amide bonds. The van der Waals surface area contributed by atoms with Crippen molar-refractivity contribution in [2.24, 2.45) is 0 Å².